The first-order chi connectivity index (χ1) is 12.2. The second-order valence-corrected chi connectivity index (χ2v) is 5.95. The van der Waals surface area contributed by atoms with Crippen LogP contribution in [0.2, 0.25) is 0 Å². The zero-order valence-electron chi connectivity index (χ0n) is 13.9. The highest BCUT2D eigenvalue weighted by atomic mass is 16.2. The van der Waals surface area contributed by atoms with Crippen LogP contribution >= 0.6 is 0 Å². The lowest BCUT2D eigenvalue weighted by Crippen LogP contribution is -2.35. The summed E-state index contributed by atoms with van der Waals surface area (Å²) in [6.45, 7) is 2.01. The van der Waals surface area contributed by atoms with Crippen molar-refractivity contribution in [2.24, 2.45) is 5.92 Å². The van der Waals surface area contributed by atoms with Crippen molar-refractivity contribution in [3.63, 3.8) is 0 Å². The van der Waals surface area contributed by atoms with Gasteiger partial charge in [0.05, 0.1) is 5.92 Å². The molecule has 130 valence electrons. The maximum Gasteiger partial charge on any atom is 0.225 e. The van der Waals surface area contributed by atoms with Gasteiger partial charge in [0.25, 0.3) is 0 Å². The van der Waals surface area contributed by atoms with Gasteiger partial charge in [0.15, 0.2) is 0 Å². The molecule has 1 aromatic carbocycles. The van der Waals surface area contributed by atoms with Crippen LogP contribution in [-0.4, -0.2) is 46.3 Å². The lowest BCUT2D eigenvalue weighted by molar-refractivity contribution is -0.129. The Labute approximate surface area is 146 Å². The third-order valence-electron chi connectivity index (χ3n) is 4.07. The number of aromatic nitrogens is 2. The number of rotatable bonds is 7. The number of nitrogens with zero attached hydrogens (tertiary/aromatic N) is 3. The van der Waals surface area contributed by atoms with Crippen molar-refractivity contribution in [3.05, 3.63) is 54.4 Å². The molecular weight excluding hydrogens is 318 g/mol. The normalized spacial score (nSPS) is 16.7. The molecule has 0 saturated carbocycles. The summed E-state index contributed by atoms with van der Waals surface area (Å²) >= 11 is 0. The predicted octanol–water partition coefficient (Wildman–Crippen LogP) is 1.05. The van der Waals surface area contributed by atoms with Gasteiger partial charge in [-0.3, -0.25) is 9.59 Å². The Bertz CT molecular complexity index is 708. The minimum Gasteiger partial charge on any atom is -0.354 e. The van der Waals surface area contributed by atoms with Crippen molar-refractivity contribution in [3.8, 4) is 0 Å². The van der Waals surface area contributed by atoms with E-state index in [1.807, 2.05) is 30.3 Å². The molecule has 1 aliphatic heterocycles. The lowest BCUT2D eigenvalue weighted by atomic mass is 10.1. The number of carbonyl (C=O) groups is 2. The second kappa shape index (κ2) is 8.23. The third-order valence-corrected chi connectivity index (χ3v) is 4.07. The lowest BCUT2D eigenvalue weighted by Gasteiger charge is -2.16. The molecule has 3 rings (SSSR count). The first-order valence-electron chi connectivity index (χ1n) is 8.32. The fourth-order valence-electron chi connectivity index (χ4n) is 2.80. The number of hydrogen-bond donors (Lipinski definition) is 2. The second-order valence-electron chi connectivity index (χ2n) is 5.95. The summed E-state index contributed by atoms with van der Waals surface area (Å²) in [5.74, 6) is 0.186. The summed E-state index contributed by atoms with van der Waals surface area (Å²) < 4.78 is 0. The number of amides is 2. The highest BCUT2D eigenvalue weighted by Gasteiger charge is 2.33. The van der Waals surface area contributed by atoms with Gasteiger partial charge in [-0.25, -0.2) is 9.97 Å². The van der Waals surface area contributed by atoms with E-state index in [2.05, 4.69) is 20.6 Å². The van der Waals surface area contributed by atoms with Gasteiger partial charge in [0, 0.05) is 45.0 Å². The Balaban J connectivity index is 1.41. The fourth-order valence-corrected chi connectivity index (χ4v) is 2.80. The standard InChI is InChI=1S/C18H21N5O2/c24-16-11-15(13-23(16)12-14-5-2-1-3-6-14)17(25)19-9-10-22-18-20-7-4-8-21-18/h1-8,15H,9-13H2,(H,19,25)(H,20,21,22)/t15-/m0/s1. The third kappa shape index (κ3) is 4.76. The number of nitrogens with one attached hydrogen (secondary N) is 2. The number of hydrogen-bond acceptors (Lipinski definition) is 5. The van der Waals surface area contributed by atoms with Crippen molar-refractivity contribution in [1.82, 2.24) is 20.2 Å². The molecule has 0 aliphatic carbocycles. The fraction of sp³-hybridized carbons (Fsp3) is 0.333. The summed E-state index contributed by atoms with van der Waals surface area (Å²) in [6.07, 6.45) is 3.58. The minimum atomic E-state index is -0.288. The molecule has 7 heteroatoms. The van der Waals surface area contributed by atoms with E-state index < -0.39 is 0 Å². The molecule has 1 saturated heterocycles. The van der Waals surface area contributed by atoms with Gasteiger partial charge in [-0.05, 0) is 11.6 Å². The molecule has 25 heavy (non-hydrogen) atoms. The Hall–Kier alpha value is -2.96. The van der Waals surface area contributed by atoms with Crippen molar-refractivity contribution in [2.45, 2.75) is 13.0 Å². The Morgan fingerprint density at radius 1 is 1.12 bits per heavy atom. The maximum atomic E-state index is 12.3. The van der Waals surface area contributed by atoms with Crippen LogP contribution in [0.15, 0.2) is 48.8 Å². The molecule has 2 N–H and O–H groups in total. The molecule has 7 nitrogen and oxygen atoms in total. The van der Waals surface area contributed by atoms with Gasteiger partial charge in [-0.15, -0.1) is 0 Å². The van der Waals surface area contributed by atoms with Gasteiger partial charge in [-0.1, -0.05) is 30.3 Å². The molecule has 2 amide bonds. The van der Waals surface area contributed by atoms with Crippen LogP contribution in [0.5, 0.6) is 0 Å². The molecule has 0 unspecified atom stereocenters. The van der Waals surface area contributed by atoms with E-state index in [1.165, 1.54) is 0 Å². The molecule has 0 spiro atoms. The first kappa shape index (κ1) is 16.9. The smallest absolute Gasteiger partial charge is 0.225 e. The molecule has 1 aromatic heterocycles. The first-order valence-corrected chi connectivity index (χ1v) is 8.32. The van der Waals surface area contributed by atoms with E-state index in [4.69, 9.17) is 0 Å². The van der Waals surface area contributed by atoms with Crippen LogP contribution in [0.1, 0.15) is 12.0 Å². The van der Waals surface area contributed by atoms with Crippen LogP contribution in [0, 0.1) is 5.92 Å². The monoisotopic (exact) mass is 339 g/mol. The average Bonchev–Trinajstić information content (AvgIpc) is 3.01. The van der Waals surface area contributed by atoms with Gasteiger partial charge in [0.2, 0.25) is 17.8 Å². The summed E-state index contributed by atoms with van der Waals surface area (Å²) in [4.78, 5) is 34.2. The maximum absolute atomic E-state index is 12.3. The summed E-state index contributed by atoms with van der Waals surface area (Å²) in [5, 5.41) is 5.89. The van der Waals surface area contributed by atoms with Crippen molar-refractivity contribution >= 4 is 17.8 Å². The van der Waals surface area contributed by atoms with E-state index in [-0.39, 0.29) is 24.2 Å². The van der Waals surface area contributed by atoms with E-state index in [0.717, 1.165) is 5.56 Å². The number of carbonyl (C=O) groups excluding carboxylic acids is 2. The van der Waals surface area contributed by atoms with Crippen molar-refractivity contribution < 1.29 is 9.59 Å². The van der Waals surface area contributed by atoms with Crippen molar-refractivity contribution in [2.75, 3.05) is 25.0 Å². The molecular formula is C18H21N5O2. The van der Waals surface area contributed by atoms with Gasteiger partial charge in [-0.2, -0.15) is 0 Å². The highest BCUT2D eigenvalue weighted by Crippen LogP contribution is 2.20. The number of benzene rings is 1. The number of likely N-dealkylation sites (tertiary alicyclic amines) is 1. The predicted molar refractivity (Wildman–Crippen MR) is 93.5 cm³/mol. The Morgan fingerprint density at radius 3 is 2.64 bits per heavy atom. The summed E-state index contributed by atoms with van der Waals surface area (Å²) in [6, 6.07) is 11.5. The molecule has 0 bridgehead atoms. The highest BCUT2D eigenvalue weighted by molar-refractivity contribution is 5.89. The van der Waals surface area contributed by atoms with E-state index >= 15 is 0 Å². The van der Waals surface area contributed by atoms with Crippen LogP contribution in [0.3, 0.4) is 0 Å². The van der Waals surface area contributed by atoms with E-state index in [0.29, 0.717) is 32.1 Å². The summed E-state index contributed by atoms with van der Waals surface area (Å²) in [7, 11) is 0. The van der Waals surface area contributed by atoms with Crippen LogP contribution in [0.25, 0.3) is 0 Å². The van der Waals surface area contributed by atoms with Crippen molar-refractivity contribution in [1.29, 1.82) is 0 Å². The zero-order chi connectivity index (χ0) is 17.5. The van der Waals surface area contributed by atoms with Gasteiger partial charge < -0.3 is 15.5 Å². The Morgan fingerprint density at radius 2 is 1.88 bits per heavy atom. The zero-order valence-corrected chi connectivity index (χ0v) is 13.9. The number of anilines is 1. The molecule has 1 atom stereocenters. The Kier molecular flexibility index (Phi) is 5.56. The summed E-state index contributed by atoms with van der Waals surface area (Å²) in [5.41, 5.74) is 1.07. The minimum absolute atomic E-state index is 0.0276. The average molecular weight is 339 g/mol. The SMILES string of the molecule is O=C(NCCNc1ncccn1)[C@H]1CC(=O)N(Cc2ccccc2)C1. The van der Waals surface area contributed by atoms with Crippen LogP contribution in [0.4, 0.5) is 5.95 Å². The molecule has 1 aliphatic rings. The van der Waals surface area contributed by atoms with E-state index in [1.54, 1.807) is 23.4 Å². The van der Waals surface area contributed by atoms with Crippen LogP contribution in [-0.2, 0) is 16.1 Å². The molecule has 2 heterocycles. The quantitative estimate of drug-likeness (QED) is 0.737. The van der Waals surface area contributed by atoms with E-state index in [9.17, 15) is 9.59 Å². The van der Waals surface area contributed by atoms with Gasteiger partial charge >= 0.3 is 0 Å². The van der Waals surface area contributed by atoms with Crippen LogP contribution < -0.4 is 10.6 Å². The topological polar surface area (TPSA) is 87.2 Å². The molecule has 2 aromatic rings. The largest absolute Gasteiger partial charge is 0.354 e. The molecule has 1 fully saturated rings. The van der Waals surface area contributed by atoms with Gasteiger partial charge in [0.1, 0.15) is 0 Å². The molecule has 0 radical (unpaired) electrons.